The topological polar surface area (TPSA) is 25.8 Å². The lowest BCUT2D eigenvalue weighted by Gasteiger charge is -2.03. The van der Waals surface area contributed by atoms with Crippen LogP contribution >= 0.6 is 0 Å². The van der Waals surface area contributed by atoms with Crippen molar-refractivity contribution in [2.45, 2.75) is 6.92 Å². The van der Waals surface area contributed by atoms with Crippen LogP contribution in [-0.2, 0) is 0 Å². The average Bonchev–Trinajstić information content (AvgIpc) is 2.23. The Bertz CT molecular complexity index is 440. The summed E-state index contributed by atoms with van der Waals surface area (Å²) in [7, 11) is 0. The monoisotopic (exact) mass is 188 g/mol. The zero-order valence-electron chi connectivity index (χ0n) is 7.74. The molecule has 0 aliphatic carbocycles. The maximum absolute atomic E-state index is 13.6. The van der Waals surface area contributed by atoms with Crippen LogP contribution < -0.4 is 0 Å². The highest BCUT2D eigenvalue weighted by molar-refractivity contribution is 5.58. The molecule has 0 saturated heterocycles. The van der Waals surface area contributed by atoms with Gasteiger partial charge in [-0.2, -0.15) is 0 Å². The summed E-state index contributed by atoms with van der Waals surface area (Å²) in [5.74, 6) is -0.277. The second-order valence-electron chi connectivity index (χ2n) is 3.03. The van der Waals surface area contributed by atoms with Gasteiger partial charge in [0.05, 0.1) is 0 Å². The second-order valence-corrected chi connectivity index (χ2v) is 3.03. The fourth-order valence-electron chi connectivity index (χ4n) is 1.24. The number of nitrogens with zero attached hydrogens (tertiary/aromatic N) is 2. The standard InChI is InChI=1S/C11H9FN2/c1-8-4-6-14-11(10(8)12)9-3-2-5-13-7-9/h2-7H,1H3. The Balaban J connectivity index is 2.58. The fourth-order valence-corrected chi connectivity index (χ4v) is 1.24. The summed E-state index contributed by atoms with van der Waals surface area (Å²) in [6, 6.07) is 5.20. The largest absolute Gasteiger partial charge is 0.264 e. The molecule has 0 N–H and O–H groups in total. The SMILES string of the molecule is Cc1ccnc(-c2cccnc2)c1F. The molecule has 70 valence electrons. The molecule has 0 atom stereocenters. The van der Waals surface area contributed by atoms with Crippen molar-refractivity contribution in [3.8, 4) is 11.3 Å². The third-order valence-corrected chi connectivity index (χ3v) is 2.02. The molecule has 3 heteroatoms. The molecule has 0 aliphatic heterocycles. The lowest BCUT2D eigenvalue weighted by Crippen LogP contribution is -1.92. The van der Waals surface area contributed by atoms with Crippen molar-refractivity contribution in [3.63, 3.8) is 0 Å². The summed E-state index contributed by atoms with van der Waals surface area (Å²) >= 11 is 0. The van der Waals surface area contributed by atoms with E-state index in [0.29, 0.717) is 16.8 Å². The molecular weight excluding hydrogens is 179 g/mol. The molecule has 0 bridgehead atoms. The van der Waals surface area contributed by atoms with Gasteiger partial charge in [-0.3, -0.25) is 9.97 Å². The predicted molar refractivity (Wildman–Crippen MR) is 52.2 cm³/mol. The van der Waals surface area contributed by atoms with E-state index in [2.05, 4.69) is 9.97 Å². The second kappa shape index (κ2) is 3.54. The first-order valence-electron chi connectivity index (χ1n) is 4.30. The van der Waals surface area contributed by atoms with E-state index < -0.39 is 0 Å². The molecule has 2 heterocycles. The minimum Gasteiger partial charge on any atom is -0.264 e. The first kappa shape index (κ1) is 8.81. The van der Waals surface area contributed by atoms with Crippen LogP contribution in [0.15, 0.2) is 36.8 Å². The number of hydrogen-bond donors (Lipinski definition) is 0. The van der Waals surface area contributed by atoms with Gasteiger partial charge in [-0.1, -0.05) is 0 Å². The molecule has 14 heavy (non-hydrogen) atoms. The number of aryl methyl sites for hydroxylation is 1. The van der Waals surface area contributed by atoms with E-state index in [1.165, 1.54) is 0 Å². The Labute approximate surface area is 81.5 Å². The number of rotatable bonds is 1. The maximum atomic E-state index is 13.6. The van der Waals surface area contributed by atoms with Crippen molar-refractivity contribution < 1.29 is 4.39 Å². The summed E-state index contributed by atoms with van der Waals surface area (Å²) in [5.41, 5.74) is 1.66. The van der Waals surface area contributed by atoms with Crippen molar-refractivity contribution >= 4 is 0 Å². The third-order valence-electron chi connectivity index (χ3n) is 2.02. The van der Waals surface area contributed by atoms with Crippen molar-refractivity contribution in [2.24, 2.45) is 0 Å². The van der Waals surface area contributed by atoms with Gasteiger partial charge >= 0.3 is 0 Å². The zero-order valence-corrected chi connectivity index (χ0v) is 7.74. The first-order valence-corrected chi connectivity index (χ1v) is 4.30. The lowest BCUT2D eigenvalue weighted by atomic mass is 10.1. The predicted octanol–water partition coefficient (Wildman–Crippen LogP) is 2.59. The van der Waals surface area contributed by atoms with Crippen LogP contribution in [0.1, 0.15) is 5.56 Å². The van der Waals surface area contributed by atoms with Crippen molar-refractivity contribution in [3.05, 3.63) is 48.2 Å². The summed E-state index contributed by atoms with van der Waals surface area (Å²) < 4.78 is 13.6. The Kier molecular flexibility index (Phi) is 2.23. The molecule has 0 spiro atoms. The van der Waals surface area contributed by atoms with E-state index in [9.17, 15) is 4.39 Å². The summed E-state index contributed by atoms with van der Waals surface area (Å²) in [4.78, 5) is 7.92. The van der Waals surface area contributed by atoms with Gasteiger partial charge in [0.25, 0.3) is 0 Å². The van der Waals surface area contributed by atoms with E-state index in [4.69, 9.17) is 0 Å². The highest BCUT2D eigenvalue weighted by atomic mass is 19.1. The molecule has 2 nitrogen and oxygen atoms in total. The van der Waals surface area contributed by atoms with Gasteiger partial charge < -0.3 is 0 Å². The molecule has 0 amide bonds. The molecule has 2 aromatic heterocycles. The molecular formula is C11H9FN2. The third kappa shape index (κ3) is 1.48. The highest BCUT2D eigenvalue weighted by Crippen LogP contribution is 2.20. The van der Waals surface area contributed by atoms with Crippen molar-refractivity contribution in [2.75, 3.05) is 0 Å². The number of halogens is 1. The summed E-state index contributed by atoms with van der Waals surface area (Å²) in [6.45, 7) is 1.72. The van der Waals surface area contributed by atoms with Gasteiger partial charge in [-0.05, 0) is 30.7 Å². The maximum Gasteiger partial charge on any atom is 0.152 e. The smallest absolute Gasteiger partial charge is 0.152 e. The van der Waals surface area contributed by atoms with E-state index in [-0.39, 0.29) is 5.82 Å². The molecule has 0 radical (unpaired) electrons. The quantitative estimate of drug-likeness (QED) is 0.687. The minimum atomic E-state index is -0.277. The van der Waals surface area contributed by atoms with Gasteiger partial charge in [0.2, 0.25) is 0 Å². The lowest BCUT2D eigenvalue weighted by molar-refractivity contribution is 0.616. The van der Waals surface area contributed by atoms with Crippen LogP contribution in [0.25, 0.3) is 11.3 Å². The van der Waals surface area contributed by atoms with Gasteiger partial charge in [0.1, 0.15) is 5.69 Å². The van der Waals surface area contributed by atoms with E-state index >= 15 is 0 Å². The van der Waals surface area contributed by atoms with Gasteiger partial charge in [0, 0.05) is 24.2 Å². The van der Waals surface area contributed by atoms with Crippen molar-refractivity contribution in [1.29, 1.82) is 0 Å². The Hall–Kier alpha value is -1.77. The number of aromatic nitrogens is 2. The zero-order chi connectivity index (χ0) is 9.97. The van der Waals surface area contributed by atoms with E-state index in [0.717, 1.165) is 0 Å². The average molecular weight is 188 g/mol. The van der Waals surface area contributed by atoms with Crippen molar-refractivity contribution in [1.82, 2.24) is 9.97 Å². The van der Waals surface area contributed by atoms with Crippen LogP contribution in [0.3, 0.4) is 0 Å². The Morgan fingerprint density at radius 1 is 1.21 bits per heavy atom. The fraction of sp³-hybridized carbons (Fsp3) is 0.0909. The molecule has 2 aromatic rings. The van der Waals surface area contributed by atoms with Crippen LogP contribution in [0.4, 0.5) is 4.39 Å². The van der Waals surface area contributed by atoms with Crippen LogP contribution in [0, 0.1) is 12.7 Å². The number of pyridine rings is 2. The minimum absolute atomic E-state index is 0.277. The van der Waals surface area contributed by atoms with Gasteiger partial charge in [-0.15, -0.1) is 0 Å². The molecule has 0 aromatic carbocycles. The Morgan fingerprint density at radius 2 is 2.07 bits per heavy atom. The van der Waals surface area contributed by atoms with Gasteiger partial charge in [-0.25, -0.2) is 4.39 Å². The first-order chi connectivity index (χ1) is 6.79. The molecule has 0 fully saturated rings. The molecule has 0 unspecified atom stereocenters. The normalized spacial score (nSPS) is 10.1. The molecule has 0 saturated carbocycles. The van der Waals surface area contributed by atoms with Crippen LogP contribution in [0.5, 0.6) is 0 Å². The highest BCUT2D eigenvalue weighted by Gasteiger charge is 2.07. The molecule has 2 rings (SSSR count). The van der Waals surface area contributed by atoms with Gasteiger partial charge in [0.15, 0.2) is 5.82 Å². The number of hydrogen-bond acceptors (Lipinski definition) is 2. The van der Waals surface area contributed by atoms with E-state index in [1.54, 1.807) is 43.7 Å². The van der Waals surface area contributed by atoms with E-state index in [1.807, 2.05) is 0 Å². The van der Waals surface area contributed by atoms with Crippen LogP contribution in [0.2, 0.25) is 0 Å². The molecule has 0 aliphatic rings. The Morgan fingerprint density at radius 3 is 2.79 bits per heavy atom. The van der Waals surface area contributed by atoms with Crippen LogP contribution in [-0.4, -0.2) is 9.97 Å². The summed E-state index contributed by atoms with van der Waals surface area (Å²) in [5, 5.41) is 0. The summed E-state index contributed by atoms with van der Waals surface area (Å²) in [6.07, 6.45) is 4.85.